The van der Waals surface area contributed by atoms with E-state index >= 15 is 0 Å². The Balaban J connectivity index is 1.47. The molecule has 4 rings (SSSR count). The lowest BCUT2D eigenvalue weighted by molar-refractivity contribution is 0.0794. The van der Waals surface area contributed by atoms with E-state index < -0.39 is 0 Å². The molecule has 2 aliphatic rings. The molecule has 25 heavy (non-hydrogen) atoms. The summed E-state index contributed by atoms with van der Waals surface area (Å²) < 4.78 is 5.40. The van der Waals surface area contributed by atoms with Gasteiger partial charge < -0.3 is 14.5 Å². The number of likely N-dealkylation sites (tertiary alicyclic amines) is 1. The molecule has 0 spiro atoms. The number of amides is 1. The van der Waals surface area contributed by atoms with Gasteiger partial charge in [0.05, 0.1) is 18.9 Å². The molecule has 2 aliphatic heterocycles. The Bertz CT molecular complexity index is 740. The first-order valence-corrected chi connectivity index (χ1v) is 9.68. The van der Waals surface area contributed by atoms with E-state index in [0.717, 1.165) is 61.5 Å². The Labute approximate surface area is 152 Å². The number of aryl methyl sites for hydroxylation is 1. The molecule has 3 heterocycles. The minimum atomic E-state index is 0.132. The van der Waals surface area contributed by atoms with Crippen LogP contribution in [0.5, 0.6) is 0 Å². The molecule has 0 saturated carbocycles. The van der Waals surface area contributed by atoms with Crippen molar-refractivity contribution in [2.45, 2.75) is 19.3 Å². The maximum atomic E-state index is 13.0. The van der Waals surface area contributed by atoms with E-state index in [9.17, 15) is 4.79 Å². The van der Waals surface area contributed by atoms with Crippen LogP contribution in [-0.4, -0.2) is 55.2 Å². The van der Waals surface area contributed by atoms with Crippen molar-refractivity contribution in [1.29, 1.82) is 0 Å². The first-order valence-electron chi connectivity index (χ1n) is 8.86. The molecule has 2 fully saturated rings. The SMILES string of the molecule is Cc1nc(N2CCOCC2)sc1C(=O)N1CC[C@H](c2ccccc2)C1. The summed E-state index contributed by atoms with van der Waals surface area (Å²) in [6, 6.07) is 10.5. The number of hydrogen-bond donors (Lipinski definition) is 0. The van der Waals surface area contributed by atoms with Crippen LogP contribution in [0.25, 0.3) is 0 Å². The van der Waals surface area contributed by atoms with Crippen molar-refractivity contribution < 1.29 is 9.53 Å². The first-order chi connectivity index (χ1) is 12.2. The van der Waals surface area contributed by atoms with Crippen LogP contribution in [0, 0.1) is 6.92 Å². The minimum Gasteiger partial charge on any atom is -0.378 e. The summed E-state index contributed by atoms with van der Waals surface area (Å²) >= 11 is 1.53. The van der Waals surface area contributed by atoms with Gasteiger partial charge in [0.25, 0.3) is 5.91 Å². The molecule has 1 aromatic carbocycles. The molecule has 0 radical (unpaired) electrons. The molecular formula is C19H23N3O2S. The molecule has 5 nitrogen and oxygen atoms in total. The average Bonchev–Trinajstić information content (AvgIpc) is 3.30. The van der Waals surface area contributed by atoms with Crippen molar-refractivity contribution in [2.75, 3.05) is 44.3 Å². The van der Waals surface area contributed by atoms with Crippen LogP contribution >= 0.6 is 11.3 Å². The zero-order chi connectivity index (χ0) is 17.2. The third kappa shape index (κ3) is 3.41. The monoisotopic (exact) mass is 357 g/mol. The van der Waals surface area contributed by atoms with Crippen LogP contribution in [0.15, 0.2) is 30.3 Å². The zero-order valence-electron chi connectivity index (χ0n) is 14.5. The summed E-state index contributed by atoms with van der Waals surface area (Å²) in [5, 5.41) is 0.947. The molecule has 1 atom stereocenters. The molecule has 2 aromatic rings. The van der Waals surface area contributed by atoms with Gasteiger partial charge in [-0.15, -0.1) is 0 Å². The number of carbonyl (C=O) groups excluding carboxylic acids is 1. The van der Waals surface area contributed by atoms with Gasteiger partial charge in [0, 0.05) is 32.1 Å². The largest absolute Gasteiger partial charge is 0.378 e. The van der Waals surface area contributed by atoms with Gasteiger partial charge in [-0.25, -0.2) is 4.98 Å². The molecule has 0 N–H and O–H groups in total. The fraction of sp³-hybridized carbons (Fsp3) is 0.474. The maximum absolute atomic E-state index is 13.0. The fourth-order valence-electron chi connectivity index (χ4n) is 3.56. The standard InChI is InChI=1S/C19H23N3O2S/c1-14-17(25-19(20-14)21-9-11-24-12-10-21)18(23)22-8-7-16(13-22)15-5-3-2-4-6-15/h2-6,16H,7-13H2,1H3/t16-/m0/s1. The van der Waals surface area contributed by atoms with E-state index in [1.54, 1.807) is 0 Å². The predicted molar refractivity (Wildman–Crippen MR) is 99.6 cm³/mol. The van der Waals surface area contributed by atoms with Crippen molar-refractivity contribution in [2.24, 2.45) is 0 Å². The van der Waals surface area contributed by atoms with Gasteiger partial charge in [-0.3, -0.25) is 4.79 Å². The van der Waals surface area contributed by atoms with Crippen molar-refractivity contribution in [3.05, 3.63) is 46.5 Å². The average molecular weight is 357 g/mol. The third-order valence-electron chi connectivity index (χ3n) is 5.01. The van der Waals surface area contributed by atoms with Crippen LogP contribution in [0.2, 0.25) is 0 Å². The van der Waals surface area contributed by atoms with E-state index in [2.05, 4.69) is 34.1 Å². The highest BCUT2D eigenvalue weighted by Crippen LogP contribution is 2.32. The molecule has 132 valence electrons. The number of carbonyl (C=O) groups is 1. The fourth-order valence-corrected chi connectivity index (χ4v) is 4.64. The Hall–Kier alpha value is -1.92. The zero-order valence-corrected chi connectivity index (χ0v) is 15.3. The van der Waals surface area contributed by atoms with Gasteiger partial charge in [0.1, 0.15) is 4.88 Å². The third-order valence-corrected chi connectivity index (χ3v) is 6.21. The quantitative estimate of drug-likeness (QED) is 0.847. The van der Waals surface area contributed by atoms with Crippen LogP contribution < -0.4 is 4.90 Å². The smallest absolute Gasteiger partial charge is 0.265 e. The topological polar surface area (TPSA) is 45.7 Å². The first kappa shape index (κ1) is 16.5. The number of nitrogens with zero attached hydrogens (tertiary/aromatic N) is 3. The second-order valence-electron chi connectivity index (χ2n) is 6.66. The predicted octanol–water partition coefficient (Wildman–Crippen LogP) is 2.92. The Morgan fingerprint density at radius 1 is 1.20 bits per heavy atom. The lowest BCUT2D eigenvalue weighted by Crippen LogP contribution is -2.36. The van der Waals surface area contributed by atoms with Crippen molar-refractivity contribution in [3.63, 3.8) is 0 Å². The number of benzene rings is 1. The number of morpholine rings is 1. The summed E-state index contributed by atoms with van der Waals surface area (Å²) in [6.45, 7) is 6.72. The van der Waals surface area contributed by atoms with E-state index in [0.29, 0.717) is 5.92 Å². The number of aromatic nitrogens is 1. The molecule has 1 amide bonds. The van der Waals surface area contributed by atoms with E-state index in [1.165, 1.54) is 16.9 Å². The van der Waals surface area contributed by atoms with E-state index in [4.69, 9.17) is 4.74 Å². The van der Waals surface area contributed by atoms with Gasteiger partial charge in [-0.05, 0) is 18.9 Å². The van der Waals surface area contributed by atoms with Crippen LogP contribution in [0.1, 0.15) is 33.3 Å². The number of anilines is 1. The van der Waals surface area contributed by atoms with Gasteiger partial charge in [0.2, 0.25) is 0 Å². The van der Waals surface area contributed by atoms with E-state index in [1.807, 2.05) is 17.9 Å². The maximum Gasteiger partial charge on any atom is 0.265 e. The Morgan fingerprint density at radius 2 is 1.96 bits per heavy atom. The normalized spacial score (nSPS) is 20.9. The highest BCUT2D eigenvalue weighted by atomic mass is 32.1. The summed E-state index contributed by atoms with van der Waals surface area (Å²) in [4.78, 5) is 22.6. The van der Waals surface area contributed by atoms with Gasteiger partial charge in [-0.1, -0.05) is 41.7 Å². The number of hydrogen-bond acceptors (Lipinski definition) is 5. The summed E-state index contributed by atoms with van der Waals surface area (Å²) in [5.41, 5.74) is 2.17. The van der Waals surface area contributed by atoms with Crippen molar-refractivity contribution in [1.82, 2.24) is 9.88 Å². The van der Waals surface area contributed by atoms with Gasteiger partial charge >= 0.3 is 0 Å². The van der Waals surface area contributed by atoms with Crippen LogP contribution in [0.3, 0.4) is 0 Å². The molecule has 1 aromatic heterocycles. The molecular weight excluding hydrogens is 334 g/mol. The number of ether oxygens (including phenoxy) is 1. The lowest BCUT2D eigenvalue weighted by atomic mass is 9.99. The highest BCUT2D eigenvalue weighted by molar-refractivity contribution is 7.17. The van der Waals surface area contributed by atoms with E-state index in [-0.39, 0.29) is 5.91 Å². The van der Waals surface area contributed by atoms with Crippen LogP contribution in [0.4, 0.5) is 5.13 Å². The lowest BCUT2D eigenvalue weighted by Gasteiger charge is -2.26. The molecule has 0 unspecified atom stereocenters. The molecule has 0 bridgehead atoms. The Morgan fingerprint density at radius 3 is 2.72 bits per heavy atom. The minimum absolute atomic E-state index is 0.132. The van der Waals surface area contributed by atoms with Crippen molar-refractivity contribution in [3.8, 4) is 0 Å². The Kier molecular flexibility index (Phi) is 4.72. The highest BCUT2D eigenvalue weighted by Gasteiger charge is 2.30. The van der Waals surface area contributed by atoms with Crippen molar-refractivity contribution >= 4 is 22.4 Å². The summed E-state index contributed by atoms with van der Waals surface area (Å²) in [5.74, 6) is 0.574. The summed E-state index contributed by atoms with van der Waals surface area (Å²) in [7, 11) is 0. The second kappa shape index (κ2) is 7.14. The second-order valence-corrected chi connectivity index (χ2v) is 7.64. The van der Waals surface area contributed by atoms with Gasteiger partial charge in [0.15, 0.2) is 5.13 Å². The number of rotatable bonds is 3. The van der Waals surface area contributed by atoms with Gasteiger partial charge in [-0.2, -0.15) is 0 Å². The molecule has 0 aliphatic carbocycles. The molecule has 2 saturated heterocycles. The number of thiazole rings is 1. The summed E-state index contributed by atoms with van der Waals surface area (Å²) in [6.07, 6.45) is 1.03. The molecule has 6 heteroatoms. The van der Waals surface area contributed by atoms with Crippen LogP contribution in [-0.2, 0) is 4.74 Å².